The second-order valence-electron chi connectivity index (χ2n) is 3.29. The zero-order valence-corrected chi connectivity index (χ0v) is 8.56. The minimum Gasteiger partial charge on any atom is -0.313 e. The quantitative estimate of drug-likeness (QED) is 0.418. The summed E-state index contributed by atoms with van der Waals surface area (Å²) in [5, 5.41) is 0. The Bertz CT molecular complexity index is 181. The number of carbonyl (C=O) groups is 1. The van der Waals surface area contributed by atoms with Crippen molar-refractivity contribution >= 4 is 17.4 Å². The maximum Gasteiger partial charge on any atom is 0.158 e. The molecule has 0 saturated carbocycles. The molecule has 0 heterocycles. The van der Waals surface area contributed by atoms with Gasteiger partial charge in [-0.25, -0.2) is 0 Å². The first-order valence-corrected chi connectivity index (χ1v) is 4.39. The Kier molecular flexibility index (Phi) is 4.50. The maximum atomic E-state index is 11.2. The first-order chi connectivity index (χ1) is 5.37. The predicted octanol–water partition coefficient (Wildman–Crippen LogP) is 2.07. The van der Waals surface area contributed by atoms with E-state index < -0.39 is 5.00 Å². The molecule has 12 heavy (non-hydrogen) atoms. The van der Waals surface area contributed by atoms with Crippen molar-refractivity contribution in [3.05, 3.63) is 12.2 Å². The topological polar surface area (TPSA) is 43.1 Å². The number of nitrogens with two attached hydrogens (primary N) is 1. The molecule has 0 aliphatic rings. The summed E-state index contributed by atoms with van der Waals surface area (Å²) in [7, 11) is 0. The largest absolute Gasteiger partial charge is 0.313 e. The highest BCUT2D eigenvalue weighted by atomic mass is 35.5. The van der Waals surface area contributed by atoms with Gasteiger partial charge in [0.25, 0.3) is 0 Å². The highest BCUT2D eigenvalue weighted by molar-refractivity contribution is 6.23. The molecule has 0 aliphatic heterocycles. The minimum atomic E-state index is -0.781. The standard InChI is InChI=1S/C9H16ClNO/c1-4-5-8(12)7(2)6-9(3,10)11/h4-5,7H,6,11H2,1-3H3. The fourth-order valence-corrected chi connectivity index (χ4v) is 1.26. The summed E-state index contributed by atoms with van der Waals surface area (Å²) < 4.78 is 0. The molecule has 3 heteroatoms. The van der Waals surface area contributed by atoms with E-state index in [4.69, 9.17) is 17.3 Å². The second-order valence-corrected chi connectivity index (χ2v) is 4.15. The summed E-state index contributed by atoms with van der Waals surface area (Å²) in [6.45, 7) is 5.34. The molecule has 0 aromatic carbocycles. The van der Waals surface area contributed by atoms with Crippen LogP contribution in [-0.4, -0.2) is 10.8 Å². The summed E-state index contributed by atoms with van der Waals surface area (Å²) in [6, 6.07) is 0. The van der Waals surface area contributed by atoms with Crippen molar-refractivity contribution in [1.82, 2.24) is 0 Å². The number of alkyl halides is 1. The normalized spacial score (nSPS) is 19.1. The predicted molar refractivity (Wildman–Crippen MR) is 52.0 cm³/mol. The SMILES string of the molecule is CC=CC(=O)C(C)CC(C)(N)Cl. The van der Waals surface area contributed by atoms with Crippen LogP contribution in [0.4, 0.5) is 0 Å². The minimum absolute atomic E-state index is 0.0785. The van der Waals surface area contributed by atoms with Gasteiger partial charge in [0.2, 0.25) is 0 Å². The summed E-state index contributed by atoms with van der Waals surface area (Å²) in [5.41, 5.74) is 5.56. The molecule has 2 unspecified atom stereocenters. The molecule has 0 radical (unpaired) electrons. The molecule has 0 spiro atoms. The van der Waals surface area contributed by atoms with Gasteiger partial charge >= 0.3 is 0 Å². The van der Waals surface area contributed by atoms with Gasteiger partial charge in [0.05, 0.1) is 5.00 Å². The van der Waals surface area contributed by atoms with Crippen molar-refractivity contribution in [2.45, 2.75) is 32.2 Å². The van der Waals surface area contributed by atoms with Gasteiger partial charge in [0, 0.05) is 5.92 Å². The number of hydrogen-bond acceptors (Lipinski definition) is 2. The van der Waals surface area contributed by atoms with Crippen LogP contribution in [0.5, 0.6) is 0 Å². The van der Waals surface area contributed by atoms with Crippen LogP contribution < -0.4 is 5.73 Å². The summed E-state index contributed by atoms with van der Waals surface area (Å²) in [5.74, 6) is -0.0245. The lowest BCUT2D eigenvalue weighted by Gasteiger charge is -2.18. The van der Waals surface area contributed by atoms with E-state index >= 15 is 0 Å². The molecule has 0 fully saturated rings. The Morgan fingerprint density at radius 1 is 1.75 bits per heavy atom. The highest BCUT2D eigenvalue weighted by Crippen LogP contribution is 2.18. The van der Waals surface area contributed by atoms with Gasteiger partial charge in [-0.3, -0.25) is 4.79 Å². The van der Waals surface area contributed by atoms with Crippen molar-refractivity contribution in [2.75, 3.05) is 0 Å². The number of allylic oxidation sites excluding steroid dienone is 2. The number of halogens is 1. The van der Waals surface area contributed by atoms with E-state index in [2.05, 4.69) is 0 Å². The van der Waals surface area contributed by atoms with Crippen LogP contribution in [-0.2, 0) is 4.79 Å². The van der Waals surface area contributed by atoms with Crippen molar-refractivity contribution in [2.24, 2.45) is 11.7 Å². The fraction of sp³-hybridized carbons (Fsp3) is 0.667. The zero-order valence-electron chi connectivity index (χ0n) is 7.80. The van der Waals surface area contributed by atoms with Crippen molar-refractivity contribution < 1.29 is 4.79 Å². The summed E-state index contributed by atoms with van der Waals surface area (Å²) >= 11 is 5.77. The van der Waals surface area contributed by atoms with Gasteiger partial charge < -0.3 is 5.73 Å². The lowest BCUT2D eigenvalue weighted by molar-refractivity contribution is -0.118. The molecule has 0 aliphatic carbocycles. The number of carbonyl (C=O) groups excluding carboxylic acids is 1. The molecule has 70 valence electrons. The van der Waals surface area contributed by atoms with Gasteiger partial charge in [-0.05, 0) is 26.3 Å². The van der Waals surface area contributed by atoms with Crippen LogP contribution >= 0.6 is 11.6 Å². The first-order valence-electron chi connectivity index (χ1n) is 4.01. The molecule has 0 aromatic rings. The Hall–Kier alpha value is -0.340. The van der Waals surface area contributed by atoms with E-state index in [1.54, 1.807) is 19.1 Å². The molecule has 0 amide bonds. The van der Waals surface area contributed by atoms with Gasteiger partial charge in [0.1, 0.15) is 0 Å². The summed E-state index contributed by atoms with van der Waals surface area (Å²) in [6.07, 6.45) is 3.77. The third-order valence-corrected chi connectivity index (χ3v) is 1.68. The van der Waals surface area contributed by atoms with Gasteiger partial charge in [0.15, 0.2) is 5.78 Å². The van der Waals surface area contributed by atoms with Gasteiger partial charge in [-0.1, -0.05) is 13.0 Å². The van der Waals surface area contributed by atoms with Gasteiger partial charge in [-0.2, -0.15) is 0 Å². The number of ketones is 1. The third kappa shape index (κ3) is 5.33. The van der Waals surface area contributed by atoms with E-state index in [0.717, 1.165) is 0 Å². The van der Waals surface area contributed by atoms with Crippen LogP contribution in [0.15, 0.2) is 12.2 Å². The lowest BCUT2D eigenvalue weighted by Crippen LogP contribution is -2.32. The van der Waals surface area contributed by atoms with E-state index in [9.17, 15) is 4.79 Å². The molecule has 0 bridgehead atoms. The second kappa shape index (κ2) is 4.63. The van der Waals surface area contributed by atoms with E-state index in [-0.39, 0.29) is 11.7 Å². The summed E-state index contributed by atoms with van der Waals surface area (Å²) in [4.78, 5) is 10.4. The average Bonchev–Trinajstić information content (AvgIpc) is 1.84. The van der Waals surface area contributed by atoms with Crippen molar-refractivity contribution in [3.63, 3.8) is 0 Å². The molecular weight excluding hydrogens is 174 g/mol. The van der Waals surface area contributed by atoms with Crippen LogP contribution in [0, 0.1) is 5.92 Å². The molecule has 0 aromatic heterocycles. The number of rotatable bonds is 4. The number of hydrogen-bond donors (Lipinski definition) is 1. The molecule has 0 saturated heterocycles. The monoisotopic (exact) mass is 189 g/mol. The smallest absolute Gasteiger partial charge is 0.158 e. The van der Waals surface area contributed by atoms with E-state index in [1.807, 2.05) is 13.8 Å². The Morgan fingerprint density at radius 3 is 2.58 bits per heavy atom. The van der Waals surface area contributed by atoms with E-state index in [1.165, 1.54) is 0 Å². The van der Waals surface area contributed by atoms with Gasteiger partial charge in [-0.15, -0.1) is 11.6 Å². The third-order valence-electron chi connectivity index (χ3n) is 1.52. The van der Waals surface area contributed by atoms with Crippen LogP contribution in [0.1, 0.15) is 27.2 Å². The molecule has 2 atom stereocenters. The first kappa shape index (κ1) is 11.7. The van der Waals surface area contributed by atoms with E-state index in [0.29, 0.717) is 6.42 Å². The Labute approximate surface area is 78.8 Å². The van der Waals surface area contributed by atoms with Crippen molar-refractivity contribution in [3.8, 4) is 0 Å². The van der Waals surface area contributed by atoms with Crippen LogP contribution in [0.2, 0.25) is 0 Å². The average molecular weight is 190 g/mol. The Morgan fingerprint density at radius 2 is 2.25 bits per heavy atom. The maximum absolute atomic E-state index is 11.2. The highest BCUT2D eigenvalue weighted by Gasteiger charge is 2.21. The lowest BCUT2D eigenvalue weighted by atomic mass is 9.98. The fourth-order valence-electron chi connectivity index (χ4n) is 1.03. The Balaban J connectivity index is 4.04. The van der Waals surface area contributed by atoms with Crippen LogP contribution in [0.3, 0.4) is 0 Å². The molecule has 2 nitrogen and oxygen atoms in total. The van der Waals surface area contributed by atoms with Crippen molar-refractivity contribution in [1.29, 1.82) is 0 Å². The van der Waals surface area contributed by atoms with Crippen LogP contribution in [0.25, 0.3) is 0 Å². The molecule has 0 rings (SSSR count). The molecule has 2 N–H and O–H groups in total. The molecular formula is C9H16ClNO. The zero-order chi connectivity index (χ0) is 9.78.